The van der Waals surface area contributed by atoms with E-state index in [4.69, 9.17) is 0 Å². The topological polar surface area (TPSA) is 53.5 Å². The van der Waals surface area contributed by atoms with E-state index < -0.39 is 10.0 Å². The Kier molecular flexibility index (Phi) is 3.30. The van der Waals surface area contributed by atoms with Crippen LogP contribution in [0.2, 0.25) is 0 Å². The third kappa shape index (κ3) is 2.37. The van der Waals surface area contributed by atoms with Gasteiger partial charge < -0.3 is 4.90 Å². The molecule has 6 heteroatoms. The minimum Gasteiger partial charge on any atom is -0.356 e. The molecule has 1 aromatic heterocycles. The van der Waals surface area contributed by atoms with Gasteiger partial charge in [0.05, 0.1) is 17.5 Å². The van der Waals surface area contributed by atoms with E-state index in [1.165, 1.54) is 0 Å². The van der Waals surface area contributed by atoms with Gasteiger partial charge in [0.1, 0.15) is 0 Å². The Labute approximate surface area is 136 Å². The Morgan fingerprint density at radius 3 is 2.65 bits per heavy atom. The van der Waals surface area contributed by atoms with Crippen molar-refractivity contribution in [2.24, 2.45) is 0 Å². The maximum atomic E-state index is 13.1. The largest absolute Gasteiger partial charge is 0.356 e. The zero-order valence-corrected chi connectivity index (χ0v) is 13.8. The highest BCUT2D eigenvalue weighted by atomic mass is 32.2. The number of hydrogen-bond donors (Lipinski definition) is 0. The monoisotopic (exact) mass is 329 g/mol. The molecule has 1 aliphatic carbocycles. The lowest BCUT2D eigenvalue weighted by atomic mass is 10.1. The third-order valence-corrected chi connectivity index (χ3v) is 6.96. The Morgan fingerprint density at radius 2 is 1.87 bits per heavy atom. The predicted molar refractivity (Wildman–Crippen MR) is 91.4 cm³/mol. The first kappa shape index (κ1) is 14.5. The first-order valence-electron chi connectivity index (χ1n) is 7.81. The lowest BCUT2D eigenvalue weighted by Crippen LogP contribution is -2.44. The lowest BCUT2D eigenvalue weighted by Gasteiger charge is -2.35. The van der Waals surface area contributed by atoms with Crippen LogP contribution < -0.4 is 9.21 Å². The maximum absolute atomic E-state index is 13.1. The van der Waals surface area contributed by atoms with Gasteiger partial charge in [-0.15, -0.1) is 0 Å². The molecule has 1 aliphatic heterocycles. The second-order valence-electron chi connectivity index (χ2n) is 6.18. The van der Waals surface area contributed by atoms with Gasteiger partial charge in [-0.1, -0.05) is 30.3 Å². The van der Waals surface area contributed by atoms with Crippen molar-refractivity contribution in [1.82, 2.24) is 4.98 Å². The normalized spacial score (nSPS) is 23.5. The van der Waals surface area contributed by atoms with Crippen LogP contribution in [0.15, 0.2) is 48.7 Å². The Hall–Kier alpha value is -2.08. The molecule has 5 nitrogen and oxygen atoms in total. The zero-order valence-electron chi connectivity index (χ0n) is 13.0. The van der Waals surface area contributed by atoms with Crippen molar-refractivity contribution >= 4 is 21.5 Å². The standard InChI is InChI=1S/C17H19N3O2S/c1-19-10-11-20(15-8-5-9-18-17(15)19)23(21,22)16-12-14(16)13-6-3-2-4-7-13/h2-9,14,16H,10-12H2,1H3. The number of aromatic nitrogens is 1. The molecule has 0 saturated heterocycles. The first-order valence-corrected chi connectivity index (χ1v) is 9.32. The van der Waals surface area contributed by atoms with Crippen molar-refractivity contribution in [1.29, 1.82) is 0 Å². The predicted octanol–water partition coefficient (Wildman–Crippen LogP) is 2.22. The molecule has 23 heavy (non-hydrogen) atoms. The summed E-state index contributed by atoms with van der Waals surface area (Å²) < 4.78 is 27.7. The fourth-order valence-electron chi connectivity index (χ4n) is 3.32. The van der Waals surface area contributed by atoms with Crippen LogP contribution in [0.1, 0.15) is 17.9 Å². The summed E-state index contributed by atoms with van der Waals surface area (Å²) in [6.07, 6.45) is 2.41. The van der Waals surface area contributed by atoms with Crippen molar-refractivity contribution in [3.05, 3.63) is 54.2 Å². The second-order valence-corrected chi connectivity index (χ2v) is 8.25. The Morgan fingerprint density at radius 1 is 1.09 bits per heavy atom. The molecule has 120 valence electrons. The van der Waals surface area contributed by atoms with Gasteiger partial charge in [-0.25, -0.2) is 13.4 Å². The van der Waals surface area contributed by atoms with E-state index >= 15 is 0 Å². The molecule has 0 bridgehead atoms. The average molecular weight is 329 g/mol. The van der Waals surface area contributed by atoms with Crippen LogP contribution in [0.25, 0.3) is 0 Å². The summed E-state index contributed by atoms with van der Waals surface area (Å²) >= 11 is 0. The quantitative estimate of drug-likeness (QED) is 0.866. The van der Waals surface area contributed by atoms with Crippen molar-refractivity contribution in [2.45, 2.75) is 17.6 Å². The van der Waals surface area contributed by atoms with Crippen molar-refractivity contribution in [3.63, 3.8) is 0 Å². The summed E-state index contributed by atoms with van der Waals surface area (Å²) in [6.45, 7) is 1.14. The summed E-state index contributed by atoms with van der Waals surface area (Å²) in [4.78, 5) is 6.34. The molecule has 0 spiro atoms. The zero-order chi connectivity index (χ0) is 16.0. The van der Waals surface area contributed by atoms with Crippen LogP contribution in [0.4, 0.5) is 11.5 Å². The van der Waals surface area contributed by atoms with Crippen molar-refractivity contribution in [2.75, 3.05) is 29.3 Å². The fourth-order valence-corrected chi connectivity index (χ4v) is 5.43. The van der Waals surface area contributed by atoms with Crippen molar-refractivity contribution in [3.8, 4) is 0 Å². The van der Waals surface area contributed by atoms with Gasteiger partial charge in [-0.2, -0.15) is 0 Å². The van der Waals surface area contributed by atoms with Crippen molar-refractivity contribution < 1.29 is 8.42 Å². The fraction of sp³-hybridized carbons (Fsp3) is 0.353. The van der Waals surface area contributed by atoms with E-state index in [-0.39, 0.29) is 11.2 Å². The maximum Gasteiger partial charge on any atom is 0.238 e. The summed E-state index contributed by atoms with van der Waals surface area (Å²) in [5, 5.41) is -0.318. The molecule has 0 N–H and O–H groups in total. The smallest absolute Gasteiger partial charge is 0.238 e. The molecule has 2 aliphatic rings. The van der Waals surface area contributed by atoms with Crippen LogP contribution in [0, 0.1) is 0 Å². The summed E-state index contributed by atoms with van der Waals surface area (Å²) in [5.41, 5.74) is 1.81. The van der Waals surface area contributed by atoms with E-state index in [9.17, 15) is 8.42 Å². The summed E-state index contributed by atoms with van der Waals surface area (Å²) in [5.74, 6) is 0.847. The molecular weight excluding hydrogens is 310 g/mol. The highest BCUT2D eigenvalue weighted by Crippen LogP contribution is 2.48. The number of rotatable bonds is 3. The number of nitrogens with zero attached hydrogens (tertiary/aromatic N) is 3. The Bertz CT molecular complexity index is 823. The SMILES string of the molecule is CN1CCN(S(=O)(=O)C2CC2c2ccccc2)c2cccnc21. The van der Waals surface area contributed by atoms with Crippen LogP contribution in [0.5, 0.6) is 0 Å². The van der Waals surface area contributed by atoms with Gasteiger partial charge in [0.2, 0.25) is 10.0 Å². The number of sulfonamides is 1. The molecule has 0 radical (unpaired) electrons. The molecule has 2 heterocycles. The van der Waals surface area contributed by atoms with E-state index in [2.05, 4.69) is 4.98 Å². The molecular formula is C17H19N3O2S. The van der Waals surface area contributed by atoms with Crippen LogP contribution in [-0.2, 0) is 10.0 Å². The van der Waals surface area contributed by atoms with Gasteiger partial charge in [0.15, 0.2) is 5.82 Å². The number of hydrogen-bond acceptors (Lipinski definition) is 4. The molecule has 2 aromatic rings. The molecule has 2 atom stereocenters. The first-order chi connectivity index (χ1) is 11.1. The molecule has 1 saturated carbocycles. The number of pyridine rings is 1. The van der Waals surface area contributed by atoms with Gasteiger partial charge in [-0.3, -0.25) is 4.31 Å². The summed E-state index contributed by atoms with van der Waals surface area (Å²) in [7, 11) is -1.41. The van der Waals surface area contributed by atoms with Gasteiger partial charge >= 0.3 is 0 Å². The van der Waals surface area contributed by atoms with E-state index in [0.29, 0.717) is 25.2 Å². The Balaban J connectivity index is 1.65. The molecule has 0 amide bonds. The van der Waals surface area contributed by atoms with Crippen LogP contribution in [-0.4, -0.2) is 38.8 Å². The molecule has 1 fully saturated rings. The highest BCUT2D eigenvalue weighted by molar-refractivity contribution is 7.93. The second kappa shape index (κ2) is 5.23. The molecule has 1 aromatic carbocycles. The number of fused-ring (bicyclic) bond motifs is 1. The van der Waals surface area contributed by atoms with E-state index in [0.717, 1.165) is 11.4 Å². The van der Waals surface area contributed by atoms with Gasteiger partial charge in [-0.05, 0) is 24.1 Å². The molecule has 2 unspecified atom stereocenters. The average Bonchev–Trinajstić information content (AvgIpc) is 3.37. The van der Waals surface area contributed by atoms with Gasteiger partial charge in [0.25, 0.3) is 0 Å². The van der Waals surface area contributed by atoms with E-state index in [1.54, 1.807) is 16.6 Å². The summed E-state index contributed by atoms with van der Waals surface area (Å²) in [6, 6.07) is 13.5. The number of benzene rings is 1. The number of anilines is 2. The van der Waals surface area contributed by atoms with E-state index in [1.807, 2.05) is 48.3 Å². The minimum atomic E-state index is -3.36. The lowest BCUT2D eigenvalue weighted by molar-refractivity contribution is 0.586. The highest BCUT2D eigenvalue weighted by Gasteiger charge is 2.51. The third-order valence-electron chi connectivity index (χ3n) is 4.68. The molecule has 4 rings (SSSR count). The van der Waals surface area contributed by atoms with Gasteiger partial charge in [0, 0.05) is 25.7 Å². The number of likely N-dealkylation sites (N-methyl/N-ethyl adjacent to an activating group) is 1. The minimum absolute atomic E-state index is 0.112. The van der Waals surface area contributed by atoms with Crippen LogP contribution >= 0.6 is 0 Å². The van der Waals surface area contributed by atoms with Crippen LogP contribution in [0.3, 0.4) is 0 Å².